The second kappa shape index (κ2) is 11.9. The lowest BCUT2D eigenvalue weighted by Gasteiger charge is -2.28. The van der Waals surface area contributed by atoms with Gasteiger partial charge in [0.25, 0.3) is 0 Å². The number of nitrogens with zero attached hydrogens (tertiary/aromatic N) is 5. The quantitative estimate of drug-likeness (QED) is 0.525. The normalized spacial score (nSPS) is 15.5. The molecule has 0 saturated carbocycles. The van der Waals surface area contributed by atoms with Gasteiger partial charge >= 0.3 is 0 Å². The van der Waals surface area contributed by atoms with E-state index in [0.717, 1.165) is 42.9 Å². The van der Waals surface area contributed by atoms with Gasteiger partial charge in [-0.05, 0) is 47.7 Å². The Morgan fingerprint density at radius 2 is 1.77 bits per heavy atom. The summed E-state index contributed by atoms with van der Waals surface area (Å²) in [5, 5.41) is 0. The topological polar surface area (TPSA) is 52.6 Å². The average Bonchev–Trinajstić information content (AvgIpc) is 2.87. The zero-order valence-electron chi connectivity index (χ0n) is 20.6. The number of carbonyl (C=O) groups excluding carboxylic acids is 1. The van der Waals surface area contributed by atoms with Gasteiger partial charge in [-0.3, -0.25) is 9.69 Å². The monoisotopic (exact) mass is 475 g/mol. The molecule has 2 heterocycles. The van der Waals surface area contributed by atoms with E-state index in [-0.39, 0.29) is 17.6 Å². The molecule has 35 heavy (non-hydrogen) atoms. The Hall–Kier alpha value is -3.32. The molecule has 3 aromatic rings. The number of halogens is 1. The zero-order chi connectivity index (χ0) is 24.6. The van der Waals surface area contributed by atoms with Crippen molar-refractivity contribution >= 4 is 17.5 Å². The Kier molecular flexibility index (Phi) is 8.42. The van der Waals surface area contributed by atoms with Gasteiger partial charge in [-0.2, -0.15) is 0 Å². The van der Waals surface area contributed by atoms with Crippen LogP contribution in [-0.4, -0.2) is 47.0 Å². The maximum Gasteiger partial charge on any atom is 0.227 e. The summed E-state index contributed by atoms with van der Waals surface area (Å²) < 4.78 is 13.9. The van der Waals surface area contributed by atoms with Crippen LogP contribution in [-0.2, 0) is 17.9 Å². The third-order valence-electron chi connectivity index (χ3n) is 6.19. The fourth-order valence-corrected chi connectivity index (χ4v) is 4.54. The van der Waals surface area contributed by atoms with E-state index in [1.165, 1.54) is 6.07 Å². The number of rotatable bonds is 5. The van der Waals surface area contributed by atoms with E-state index >= 15 is 0 Å². The van der Waals surface area contributed by atoms with Crippen molar-refractivity contribution in [2.45, 2.75) is 39.8 Å². The molecule has 1 aromatic heterocycles. The molecular formula is C28H34FN5O. The minimum Gasteiger partial charge on any atom is -0.339 e. The van der Waals surface area contributed by atoms with E-state index in [1.54, 1.807) is 24.5 Å². The summed E-state index contributed by atoms with van der Waals surface area (Å²) in [6, 6.07) is 16.7. The van der Waals surface area contributed by atoms with Crippen molar-refractivity contribution in [2.75, 3.05) is 36.0 Å². The van der Waals surface area contributed by atoms with E-state index < -0.39 is 0 Å². The second-order valence-electron chi connectivity index (χ2n) is 9.50. The van der Waals surface area contributed by atoms with Crippen molar-refractivity contribution < 1.29 is 9.18 Å². The highest BCUT2D eigenvalue weighted by Crippen LogP contribution is 2.26. The van der Waals surface area contributed by atoms with Gasteiger partial charge in [0.2, 0.25) is 11.9 Å². The smallest absolute Gasteiger partial charge is 0.227 e. The molecule has 0 atom stereocenters. The maximum absolute atomic E-state index is 13.9. The number of anilines is 2. The van der Waals surface area contributed by atoms with Crippen molar-refractivity contribution in [2.24, 2.45) is 5.92 Å². The van der Waals surface area contributed by atoms with Crippen LogP contribution in [0, 0.1) is 11.7 Å². The van der Waals surface area contributed by atoms with Gasteiger partial charge in [0.05, 0.1) is 0 Å². The minimum absolute atomic E-state index is 0.144. The molecule has 7 heteroatoms. The lowest BCUT2D eigenvalue weighted by Crippen LogP contribution is -2.37. The maximum atomic E-state index is 13.9. The first-order valence-electron chi connectivity index (χ1n) is 12.4. The predicted molar refractivity (Wildman–Crippen MR) is 138 cm³/mol. The number of fused-ring (bicyclic) bond motifs is 1. The van der Waals surface area contributed by atoms with Crippen LogP contribution < -0.4 is 9.80 Å². The molecule has 0 bridgehead atoms. The van der Waals surface area contributed by atoms with Crippen LogP contribution >= 0.6 is 0 Å². The number of benzene rings is 2. The molecular weight excluding hydrogens is 441 g/mol. The molecule has 0 aliphatic carbocycles. The Balaban J connectivity index is 1.67. The highest BCUT2D eigenvalue weighted by molar-refractivity contribution is 5.94. The Morgan fingerprint density at radius 1 is 0.971 bits per heavy atom. The molecule has 0 unspecified atom stereocenters. The molecule has 1 amide bonds. The van der Waals surface area contributed by atoms with Crippen LogP contribution in [0.3, 0.4) is 0 Å². The lowest BCUT2D eigenvalue weighted by molar-refractivity contribution is -0.119. The fourth-order valence-electron chi connectivity index (χ4n) is 4.54. The van der Waals surface area contributed by atoms with E-state index in [2.05, 4.69) is 39.7 Å². The fraction of sp³-hybridized carbons (Fsp3) is 0.393. The molecule has 0 fully saturated rings. The highest BCUT2D eigenvalue weighted by atomic mass is 19.1. The van der Waals surface area contributed by atoms with Gasteiger partial charge in [-0.1, -0.05) is 44.2 Å². The van der Waals surface area contributed by atoms with Crippen molar-refractivity contribution in [3.8, 4) is 0 Å². The van der Waals surface area contributed by atoms with Crippen molar-refractivity contribution in [1.29, 1.82) is 0 Å². The molecule has 0 radical (unpaired) electrons. The van der Waals surface area contributed by atoms with Crippen LogP contribution in [0.5, 0.6) is 0 Å². The van der Waals surface area contributed by atoms with E-state index in [0.29, 0.717) is 32.0 Å². The first-order chi connectivity index (χ1) is 17.0. The van der Waals surface area contributed by atoms with Crippen LogP contribution in [0.15, 0.2) is 67.0 Å². The van der Waals surface area contributed by atoms with Crippen molar-refractivity contribution in [1.82, 2.24) is 14.9 Å². The lowest BCUT2D eigenvalue weighted by atomic mass is 10.1. The summed E-state index contributed by atoms with van der Waals surface area (Å²) >= 11 is 0. The predicted octanol–water partition coefficient (Wildman–Crippen LogP) is 4.91. The van der Waals surface area contributed by atoms with Crippen molar-refractivity contribution in [3.63, 3.8) is 0 Å². The number of para-hydroxylation sites is 1. The third kappa shape index (κ3) is 6.85. The molecule has 1 aliphatic rings. The number of aromatic nitrogens is 2. The number of hydrogen-bond donors (Lipinski definition) is 0. The van der Waals surface area contributed by atoms with Gasteiger partial charge in [-0.15, -0.1) is 0 Å². The SMILES string of the molecule is CC(C)CC(=O)N1CCCN(c2ncccn2)CCN(Cc2cccc(F)c2)Cc2ccccc21. The number of amides is 1. The molecule has 6 nitrogen and oxygen atoms in total. The second-order valence-corrected chi connectivity index (χ2v) is 9.50. The first kappa shape index (κ1) is 24.8. The molecule has 0 saturated heterocycles. The summed E-state index contributed by atoms with van der Waals surface area (Å²) in [4.78, 5) is 28.7. The molecule has 0 N–H and O–H groups in total. The standard InChI is InChI=1S/C28H34FN5O/c1-22(2)18-27(35)34-15-7-14-33(28-30-12-6-13-31-28)17-16-32(20-23-8-5-10-25(29)19-23)21-24-9-3-4-11-26(24)34/h3-6,8-13,19,22H,7,14-18,20-21H2,1-2H3. The Bertz CT molecular complexity index is 1110. The number of carbonyl (C=O) groups is 1. The zero-order valence-corrected chi connectivity index (χ0v) is 20.6. The summed E-state index contributed by atoms with van der Waals surface area (Å²) in [5.41, 5.74) is 2.99. The molecule has 0 spiro atoms. The summed E-state index contributed by atoms with van der Waals surface area (Å²) in [6.07, 6.45) is 4.83. The number of hydrogen-bond acceptors (Lipinski definition) is 5. The van der Waals surface area contributed by atoms with Crippen LogP contribution in [0.2, 0.25) is 0 Å². The molecule has 2 aromatic carbocycles. The molecule has 4 rings (SSSR count). The van der Waals surface area contributed by atoms with Gasteiger partial charge in [0, 0.05) is 63.8 Å². The summed E-state index contributed by atoms with van der Waals surface area (Å²) in [6.45, 7) is 8.28. The van der Waals surface area contributed by atoms with E-state index in [1.807, 2.05) is 35.2 Å². The minimum atomic E-state index is -0.231. The van der Waals surface area contributed by atoms with Crippen LogP contribution in [0.4, 0.5) is 16.0 Å². The molecule has 184 valence electrons. The molecule has 1 aliphatic heterocycles. The first-order valence-corrected chi connectivity index (χ1v) is 12.4. The van der Waals surface area contributed by atoms with Crippen LogP contribution in [0.1, 0.15) is 37.8 Å². The van der Waals surface area contributed by atoms with Crippen LogP contribution in [0.25, 0.3) is 0 Å². The van der Waals surface area contributed by atoms with Gasteiger partial charge < -0.3 is 9.80 Å². The highest BCUT2D eigenvalue weighted by Gasteiger charge is 2.23. The third-order valence-corrected chi connectivity index (χ3v) is 6.19. The van der Waals surface area contributed by atoms with Gasteiger partial charge in [0.15, 0.2) is 0 Å². The summed E-state index contributed by atoms with van der Waals surface area (Å²) in [5.74, 6) is 0.887. The Labute approximate surface area is 207 Å². The van der Waals surface area contributed by atoms with Crippen molar-refractivity contribution in [3.05, 3.63) is 83.9 Å². The Morgan fingerprint density at radius 3 is 2.54 bits per heavy atom. The largest absolute Gasteiger partial charge is 0.339 e. The average molecular weight is 476 g/mol. The van der Waals surface area contributed by atoms with E-state index in [9.17, 15) is 9.18 Å². The van der Waals surface area contributed by atoms with E-state index in [4.69, 9.17) is 0 Å². The summed E-state index contributed by atoms with van der Waals surface area (Å²) in [7, 11) is 0. The van der Waals surface area contributed by atoms with Gasteiger partial charge in [0.1, 0.15) is 5.82 Å². The van der Waals surface area contributed by atoms with Gasteiger partial charge in [-0.25, -0.2) is 14.4 Å².